The van der Waals surface area contributed by atoms with Crippen molar-refractivity contribution in [3.8, 4) is 28.9 Å². The van der Waals surface area contributed by atoms with Crippen molar-refractivity contribution in [2.75, 3.05) is 12.4 Å². The van der Waals surface area contributed by atoms with Gasteiger partial charge in [0.15, 0.2) is 16.4 Å². The number of rotatable bonds is 8. The molecule has 3 heterocycles. The normalized spacial score (nSPS) is 12.4. The lowest BCUT2D eigenvalue weighted by Crippen LogP contribution is -2.41. The lowest BCUT2D eigenvalue weighted by atomic mass is 10.3. The molecular formula is C19H15F5N4O4S. The molecule has 0 saturated heterocycles. The van der Waals surface area contributed by atoms with Crippen molar-refractivity contribution in [3.05, 3.63) is 49.1 Å². The number of sulfone groups is 1. The van der Waals surface area contributed by atoms with Crippen LogP contribution in [0.25, 0.3) is 11.4 Å². The summed E-state index contributed by atoms with van der Waals surface area (Å²) in [7, 11) is -3.83. The highest BCUT2D eigenvalue weighted by atomic mass is 32.2. The fourth-order valence-electron chi connectivity index (χ4n) is 2.36. The Morgan fingerprint density at radius 3 is 2.27 bits per heavy atom. The topological polar surface area (TPSA) is 104 Å². The second-order valence-corrected chi connectivity index (χ2v) is 8.67. The Balaban J connectivity index is 1.88. The second kappa shape index (κ2) is 9.21. The van der Waals surface area contributed by atoms with Crippen LogP contribution in [0.15, 0.2) is 53.9 Å². The van der Waals surface area contributed by atoms with Gasteiger partial charge in [-0.3, -0.25) is 0 Å². The van der Waals surface area contributed by atoms with Crippen LogP contribution in [0.1, 0.15) is 6.92 Å². The minimum atomic E-state index is -5.78. The minimum absolute atomic E-state index is 0.0757. The zero-order valence-corrected chi connectivity index (χ0v) is 17.6. The molecule has 8 nitrogen and oxygen atoms in total. The molecule has 0 aromatic carbocycles. The smallest absolute Gasteiger partial charge is 0.456 e. The van der Waals surface area contributed by atoms with Crippen LogP contribution in [-0.2, 0) is 9.84 Å². The van der Waals surface area contributed by atoms with E-state index in [1.165, 1.54) is 25.4 Å². The first-order valence-corrected chi connectivity index (χ1v) is 10.8. The first kappa shape index (κ1) is 24.2. The molecular weight excluding hydrogens is 475 g/mol. The number of halogens is 5. The summed E-state index contributed by atoms with van der Waals surface area (Å²) in [4.78, 5) is 15.2. The summed E-state index contributed by atoms with van der Waals surface area (Å²) in [5.74, 6) is -5.70. The van der Waals surface area contributed by atoms with Gasteiger partial charge >= 0.3 is 12.1 Å². The summed E-state index contributed by atoms with van der Waals surface area (Å²) >= 11 is 0. The average molecular weight is 490 g/mol. The molecule has 0 fully saturated rings. The molecule has 176 valence electrons. The van der Waals surface area contributed by atoms with Gasteiger partial charge in [0.25, 0.3) is 0 Å². The summed E-state index contributed by atoms with van der Waals surface area (Å²) in [6.45, 7) is -0.577. The molecule has 0 bridgehead atoms. The number of ether oxygens (including phenoxy) is 2. The quantitative estimate of drug-likeness (QED) is 0.435. The largest absolute Gasteiger partial charge is 0.470 e. The van der Waals surface area contributed by atoms with Crippen LogP contribution in [0, 0.1) is 0 Å². The Morgan fingerprint density at radius 1 is 0.939 bits per heavy atom. The van der Waals surface area contributed by atoms with Crippen molar-refractivity contribution in [1.29, 1.82) is 0 Å². The van der Waals surface area contributed by atoms with E-state index in [1.54, 1.807) is 18.2 Å². The van der Waals surface area contributed by atoms with Gasteiger partial charge < -0.3 is 9.47 Å². The van der Waals surface area contributed by atoms with Crippen LogP contribution in [0.4, 0.5) is 22.0 Å². The van der Waals surface area contributed by atoms with Gasteiger partial charge in [-0.2, -0.15) is 22.0 Å². The number of hydrogen-bond donors (Lipinski definition) is 0. The fraction of sp³-hybridized carbons (Fsp3) is 0.263. The number of pyridine rings is 2. The molecule has 0 aliphatic rings. The maximum absolute atomic E-state index is 13.0. The monoisotopic (exact) mass is 490 g/mol. The van der Waals surface area contributed by atoms with Crippen molar-refractivity contribution >= 4 is 9.84 Å². The number of hydrogen-bond acceptors (Lipinski definition) is 8. The zero-order chi connectivity index (χ0) is 24.3. The van der Waals surface area contributed by atoms with Gasteiger partial charge in [0, 0.05) is 18.3 Å². The minimum Gasteiger partial charge on any atom is -0.470 e. The highest BCUT2D eigenvalue weighted by Gasteiger charge is 2.58. The summed E-state index contributed by atoms with van der Waals surface area (Å²) < 4.78 is 97.8. The second-order valence-electron chi connectivity index (χ2n) is 6.42. The van der Waals surface area contributed by atoms with E-state index < -0.39 is 34.4 Å². The van der Waals surface area contributed by atoms with Gasteiger partial charge in [0.1, 0.15) is 17.1 Å². The molecule has 3 aromatic rings. The van der Waals surface area contributed by atoms with Crippen molar-refractivity contribution in [1.82, 2.24) is 19.9 Å². The van der Waals surface area contributed by atoms with Gasteiger partial charge in [-0.1, -0.05) is 13.0 Å². The van der Waals surface area contributed by atoms with E-state index in [9.17, 15) is 30.4 Å². The van der Waals surface area contributed by atoms with Crippen LogP contribution in [0.2, 0.25) is 0 Å². The molecule has 3 rings (SSSR count). The molecule has 0 saturated carbocycles. The van der Waals surface area contributed by atoms with Crippen LogP contribution in [0.3, 0.4) is 0 Å². The molecule has 0 aliphatic carbocycles. The van der Waals surface area contributed by atoms with Gasteiger partial charge in [-0.25, -0.2) is 28.4 Å². The maximum atomic E-state index is 13.0. The lowest BCUT2D eigenvalue weighted by molar-refractivity contribution is -0.290. The Labute approximate surface area is 184 Å². The Morgan fingerprint density at radius 2 is 1.70 bits per heavy atom. The third-order valence-corrected chi connectivity index (χ3v) is 5.83. The van der Waals surface area contributed by atoms with Crippen molar-refractivity contribution in [2.45, 2.75) is 23.9 Å². The van der Waals surface area contributed by atoms with E-state index in [2.05, 4.69) is 24.7 Å². The first-order chi connectivity index (χ1) is 15.4. The predicted molar refractivity (Wildman–Crippen MR) is 104 cm³/mol. The molecule has 0 aliphatic heterocycles. The van der Waals surface area contributed by atoms with Crippen LogP contribution in [-0.4, -0.2) is 52.8 Å². The van der Waals surface area contributed by atoms with Gasteiger partial charge in [0.2, 0.25) is 11.8 Å². The molecule has 0 unspecified atom stereocenters. The summed E-state index contributed by atoms with van der Waals surface area (Å²) in [5, 5.41) is 0. The van der Waals surface area contributed by atoms with Gasteiger partial charge in [-0.15, -0.1) is 0 Å². The third kappa shape index (κ3) is 5.69. The van der Waals surface area contributed by atoms with Crippen LogP contribution < -0.4 is 9.47 Å². The lowest BCUT2D eigenvalue weighted by Gasteiger charge is -2.19. The highest BCUT2D eigenvalue weighted by molar-refractivity contribution is 7.91. The Hall–Kier alpha value is -3.42. The summed E-state index contributed by atoms with van der Waals surface area (Å²) in [5.41, 5.74) is -0.203. The number of nitrogens with zero attached hydrogens (tertiary/aromatic N) is 4. The van der Waals surface area contributed by atoms with Crippen molar-refractivity contribution < 1.29 is 39.8 Å². The van der Waals surface area contributed by atoms with E-state index >= 15 is 0 Å². The fourth-order valence-corrected chi connectivity index (χ4v) is 3.41. The highest BCUT2D eigenvalue weighted by Crippen LogP contribution is 2.36. The Bertz CT molecular complexity index is 1210. The third-order valence-electron chi connectivity index (χ3n) is 4.09. The van der Waals surface area contributed by atoms with Gasteiger partial charge in [0.05, 0.1) is 29.2 Å². The molecule has 14 heteroatoms. The summed E-state index contributed by atoms with van der Waals surface area (Å²) in [6, 6.07) is 6.09. The molecule has 0 spiro atoms. The van der Waals surface area contributed by atoms with Crippen LogP contribution >= 0.6 is 0 Å². The van der Waals surface area contributed by atoms with E-state index in [1.807, 2.05) is 0 Å². The molecule has 0 atom stereocenters. The molecule has 0 radical (unpaired) electrons. The molecule has 33 heavy (non-hydrogen) atoms. The van der Waals surface area contributed by atoms with E-state index in [4.69, 9.17) is 4.74 Å². The van der Waals surface area contributed by atoms with Gasteiger partial charge in [-0.05, 0) is 6.07 Å². The van der Waals surface area contributed by atoms with E-state index in [0.717, 1.165) is 12.4 Å². The van der Waals surface area contributed by atoms with Crippen LogP contribution in [0.5, 0.6) is 17.5 Å². The van der Waals surface area contributed by atoms with E-state index in [0.29, 0.717) is 0 Å². The molecule has 0 amide bonds. The number of aromatic nitrogens is 4. The first-order valence-electron chi connectivity index (χ1n) is 9.14. The molecule has 3 aromatic heterocycles. The standard InChI is InChI=1S/C19H15F5N4O4S/c1-2-33(29,30)14-7-12(32-15-5-3-4-6-25-15)8-28-17(14)13-9-27-16(10-26-13)31-11-18(20,21)19(22,23)24/h3-10H,2,11H2,1H3. The predicted octanol–water partition coefficient (Wildman–Crippen LogP) is 4.10. The zero-order valence-electron chi connectivity index (χ0n) is 16.8. The average Bonchev–Trinajstić information content (AvgIpc) is 2.78. The summed E-state index contributed by atoms with van der Waals surface area (Å²) in [6.07, 6.45) is -1.37. The van der Waals surface area contributed by atoms with Crippen molar-refractivity contribution in [3.63, 3.8) is 0 Å². The Kier molecular flexibility index (Phi) is 6.76. The maximum Gasteiger partial charge on any atom is 0.456 e. The van der Waals surface area contributed by atoms with E-state index in [-0.39, 0.29) is 33.7 Å². The molecule has 0 N–H and O–H groups in total. The number of alkyl halides is 5. The van der Waals surface area contributed by atoms with Crippen molar-refractivity contribution in [2.24, 2.45) is 0 Å². The SMILES string of the molecule is CCS(=O)(=O)c1cc(Oc2ccccn2)cnc1-c1cnc(OCC(F)(F)C(F)(F)F)cn1.